The summed E-state index contributed by atoms with van der Waals surface area (Å²) in [7, 11) is 0. The molecule has 3 heteroatoms. The van der Waals surface area contributed by atoms with Gasteiger partial charge in [-0.2, -0.15) is 0 Å². The fraction of sp³-hybridized carbons (Fsp3) is 0.300. The van der Waals surface area contributed by atoms with E-state index in [4.69, 9.17) is 23.2 Å². The predicted octanol–water partition coefficient (Wildman–Crippen LogP) is 3.30. The van der Waals surface area contributed by atoms with Crippen LogP contribution in [0, 0.1) is 5.92 Å². The summed E-state index contributed by atoms with van der Waals surface area (Å²) in [5, 5.41) is 1.30. The largest absolute Gasteiger partial charge is 0.303 e. The Morgan fingerprint density at radius 3 is 2.69 bits per heavy atom. The van der Waals surface area contributed by atoms with E-state index in [1.807, 2.05) is 12.1 Å². The summed E-state index contributed by atoms with van der Waals surface area (Å²) in [5.74, 6) is 0.487. The topological polar surface area (TPSA) is 17.1 Å². The van der Waals surface area contributed by atoms with Crippen molar-refractivity contribution in [2.24, 2.45) is 5.92 Å². The standard InChI is InChI=1S/C10H8Cl2O/c11-7-1-2-8(10(12)4-7)9-3-6(9)5-13/h1-2,4-6,9H,3H2/t6-,9+/m0/s1. The fourth-order valence-electron chi connectivity index (χ4n) is 1.52. The van der Waals surface area contributed by atoms with Crippen molar-refractivity contribution in [3.05, 3.63) is 33.8 Å². The predicted molar refractivity (Wildman–Crippen MR) is 53.4 cm³/mol. The van der Waals surface area contributed by atoms with E-state index >= 15 is 0 Å². The van der Waals surface area contributed by atoms with Crippen LogP contribution in [0.1, 0.15) is 17.9 Å². The van der Waals surface area contributed by atoms with Gasteiger partial charge in [-0.15, -0.1) is 0 Å². The fourth-order valence-corrected chi connectivity index (χ4v) is 2.07. The molecule has 0 bridgehead atoms. The second-order valence-corrected chi connectivity index (χ2v) is 4.15. The minimum Gasteiger partial charge on any atom is -0.303 e. The van der Waals surface area contributed by atoms with Crippen molar-refractivity contribution in [3.8, 4) is 0 Å². The van der Waals surface area contributed by atoms with Crippen molar-refractivity contribution in [1.82, 2.24) is 0 Å². The van der Waals surface area contributed by atoms with Crippen LogP contribution in [0.4, 0.5) is 0 Å². The Kier molecular flexibility index (Phi) is 2.31. The van der Waals surface area contributed by atoms with Gasteiger partial charge in [0.15, 0.2) is 0 Å². The zero-order valence-corrected chi connectivity index (χ0v) is 8.35. The Hall–Kier alpha value is -0.530. The molecule has 0 radical (unpaired) electrons. The molecule has 1 aromatic carbocycles. The van der Waals surface area contributed by atoms with Crippen molar-refractivity contribution in [3.63, 3.8) is 0 Å². The molecule has 1 aliphatic carbocycles. The van der Waals surface area contributed by atoms with Crippen molar-refractivity contribution < 1.29 is 4.79 Å². The van der Waals surface area contributed by atoms with E-state index in [1.165, 1.54) is 0 Å². The first-order valence-electron chi connectivity index (χ1n) is 4.12. The van der Waals surface area contributed by atoms with Crippen molar-refractivity contribution in [2.75, 3.05) is 0 Å². The number of hydrogen-bond acceptors (Lipinski definition) is 1. The summed E-state index contributed by atoms with van der Waals surface area (Å²) in [6.07, 6.45) is 1.92. The normalized spacial score (nSPS) is 25.7. The average molecular weight is 215 g/mol. The van der Waals surface area contributed by atoms with Gasteiger partial charge in [0, 0.05) is 16.0 Å². The second kappa shape index (κ2) is 3.32. The lowest BCUT2D eigenvalue weighted by atomic mass is 10.1. The van der Waals surface area contributed by atoms with Crippen LogP contribution in [0.15, 0.2) is 18.2 Å². The number of rotatable bonds is 2. The monoisotopic (exact) mass is 214 g/mol. The molecule has 0 aliphatic heterocycles. The van der Waals surface area contributed by atoms with Crippen LogP contribution >= 0.6 is 23.2 Å². The first-order chi connectivity index (χ1) is 6.22. The summed E-state index contributed by atoms with van der Waals surface area (Å²) in [4.78, 5) is 10.5. The third kappa shape index (κ3) is 1.72. The minimum atomic E-state index is 0.165. The van der Waals surface area contributed by atoms with E-state index in [1.54, 1.807) is 6.07 Å². The maximum Gasteiger partial charge on any atom is 0.123 e. The molecule has 1 saturated carbocycles. The molecule has 13 heavy (non-hydrogen) atoms. The molecule has 0 unspecified atom stereocenters. The quantitative estimate of drug-likeness (QED) is 0.691. The molecule has 1 aromatic rings. The zero-order chi connectivity index (χ0) is 9.42. The molecule has 1 fully saturated rings. The van der Waals surface area contributed by atoms with Crippen LogP contribution in [0.2, 0.25) is 10.0 Å². The summed E-state index contributed by atoms with van der Waals surface area (Å²) in [6, 6.07) is 5.43. The van der Waals surface area contributed by atoms with Crippen LogP contribution in [0.5, 0.6) is 0 Å². The molecule has 2 atom stereocenters. The van der Waals surface area contributed by atoms with Gasteiger partial charge < -0.3 is 4.79 Å². The Morgan fingerprint density at radius 2 is 2.15 bits per heavy atom. The molecule has 1 nitrogen and oxygen atoms in total. The molecule has 0 aromatic heterocycles. The van der Waals surface area contributed by atoms with E-state index in [-0.39, 0.29) is 5.92 Å². The molecule has 0 amide bonds. The summed E-state index contributed by atoms with van der Waals surface area (Å²) < 4.78 is 0. The molecule has 0 saturated heterocycles. The van der Waals surface area contributed by atoms with Crippen molar-refractivity contribution in [1.29, 1.82) is 0 Å². The Labute approximate surface area is 86.7 Å². The average Bonchev–Trinajstić information content (AvgIpc) is 2.83. The van der Waals surface area contributed by atoms with Gasteiger partial charge in [0.05, 0.1) is 0 Å². The van der Waals surface area contributed by atoms with Gasteiger partial charge in [0.2, 0.25) is 0 Å². The van der Waals surface area contributed by atoms with Gasteiger partial charge in [-0.25, -0.2) is 0 Å². The first-order valence-corrected chi connectivity index (χ1v) is 4.88. The second-order valence-electron chi connectivity index (χ2n) is 3.31. The smallest absolute Gasteiger partial charge is 0.123 e. The summed E-state index contributed by atoms with van der Waals surface area (Å²) in [6.45, 7) is 0. The molecule has 0 N–H and O–H groups in total. The molecule has 1 aliphatic rings. The molecule has 2 rings (SSSR count). The van der Waals surface area contributed by atoms with Gasteiger partial charge >= 0.3 is 0 Å². The molecular weight excluding hydrogens is 207 g/mol. The van der Waals surface area contributed by atoms with Crippen LogP contribution in [0.3, 0.4) is 0 Å². The number of halogens is 2. The number of carbonyl (C=O) groups is 1. The van der Waals surface area contributed by atoms with Crippen molar-refractivity contribution in [2.45, 2.75) is 12.3 Å². The molecule has 0 spiro atoms. The van der Waals surface area contributed by atoms with E-state index in [0.717, 1.165) is 18.3 Å². The van der Waals surface area contributed by atoms with Gasteiger partial charge in [0.1, 0.15) is 6.29 Å². The molecule has 0 heterocycles. The summed E-state index contributed by atoms with van der Waals surface area (Å²) in [5.41, 5.74) is 1.04. The van der Waals surface area contributed by atoms with Crippen LogP contribution in [-0.2, 0) is 4.79 Å². The Bertz CT molecular complexity index is 349. The number of benzene rings is 1. The molecule has 68 valence electrons. The van der Waals surface area contributed by atoms with Gasteiger partial charge in [-0.1, -0.05) is 29.3 Å². The van der Waals surface area contributed by atoms with Crippen LogP contribution in [-0.4, -0.2) is 6.29 Å². The van der Waals surface area contributed by atoms with E-state index < -0.39 is 0 Å². The first kappa shape index (κ1) is 9.04. The van der Waals surface area contributed by atoms with Gasteiger partial charge in [0.25, 0.3) is 0 Å². The molecular formula is C10H8Cl2O. The van der Waals surface area contributed by atoms with Crippen molar-refractivity contribution >= 4 is 29.5 Å². The Balaban J connectivity index is 2.27. The highest BCUT2D eigenvalue weighted by Gasteiger charge is 2.39. The highest BCUT2D eigenvalue weighted by molar-refractivity contribution is 6.35. The zero-order valence-electron chi connectivity index (χ0n) is 6.84. The lowest BCUT2D eigenvalue weighted by molar-refractivity contribution is -0.108. The SMILES string of the molecule is O=C[C@@H]1C[C@H]1c1ccc(Cl)cc1Cl. The Morgan fingerprint density at radius 1 is 1.38 bits per heavy atom. The minimum absolute atomic E-state index is 0.165. The third-order valence-corrected chi connectivity index (χ3v) is 2.94. The lowest BCUT2D eigenvalue weighted by Crippen LogP contribution is -1.85. The van der Waals surface area contributed by atoms with Crippen LogP contribution in [0.25, 0.3) is 0 Å². The van der Waals surface area contributed by atoms with Gasteiger partial charge in [-0.3, -0.25) is 0 Å². The highest BCUT2D eigenvalue weighted by Crippen LogP contribution is 2.48. The maximum absolute atomic E-state index is 10.5. The maximum atomic E-state index is 10.5. The van der Waals surface area contributed by atoms with E-state index in [2.05, 4.69) is 0 Å². The van der Waals surface area contributed by atoms with E-state index in [9.17, 15) is 4.79 Å². The number of carbonyl (C=O) groups excluding carboxylic acids is 1. The number of hydrogen-bond donors (Lipinski definition) is 0. The van der Waals surface area contributed by atoms with E-state index in [0.29, 0.717) is 16.0 Å². The third-order valence-electron chi connectivity index (χ3n) is 2.38. The van der Waals surface area contributed by atoms with Gasteiger partial charge in [-0.05, 0) is 30.0 Å². The number of aldehydes is 1. The lowest BCUT2D eigenvalue weighted by Gasteiger charge is -2.01. The summed E-state index contributed by atoms with van der Waals surface area (Å²) >= 11 is 11.7. The highest BCUT2D eigenvalue weighted by atomic mass is 35.5. The van der Waals surface area contributed by atoms with Crippen LogP contribution < -0.4 is 0 Å².